The maximum atomic E-state index is 13.4. The lowest BCUT2D eigenvalue weighted by molar-refractivity contribution is -0.189. The molecule has 2 aromatic carbocycles. The average Bonchev–Trinajstić information content (AvgIpc) is 3.42. The van der Waals surface area contributed by atoms with Crippen LogP contribution in [0, 0.1) is 0 Å². The molecule has 0 bridgehead atoms. The number of likely N-dealkylation sites (N-methyl/N-ethyl adjacent to an activating group) is 1. The molecule has 0 saturated carbocycles. The highest BCUT2D eigenvalue weighted by atomic mass is 32.2. The predicted octanol–water partition coefficient (Wildman–Crippen LogP) is 3.04. The summed E-state index contributed by atoms with van der Waals surface area (Å²) in [6, 6.07) is 10.2. The monoisotopic (exact) mass is 654 g/mol. The van der Waals surface area contributed by atoms with Gasteiger partial charge in [-0.15, -0.1) is 10.2 Å². The van der Waals surface area contributed by atoms with E-state index in [-0.39, 0.29) is 10.7 Å². The lowest BCUT2D eigenvalue weighted by atomic mass is 10.1. The molecule has 3 aromatic rings. The molecule has 0 spiro atoms. The Bertz CT molecular complexity index is 1640. The van der Waals surface area contributed by atoms with Crippen LogP contribution in [0.25, 0.3) is 10.6 Å². The first kappa shape index (κ1) is 33.0. The lowest BCUT2D eigenvalue weighted by Gasteiger charge is -2.35. The number of esters is 1. The van der Waals surface area contributed by atoms with E-state index < -0.39 is 62.6 Å². The number of hydrogen-bond donors (Lipinski definition) is 2. The molecule has 1 aromatic heterocycles. The first-order valence-corrected chi connectivity index (χ1v) is 16.1. The number of halogens is 3. The number of alkyl halides is 3. The van der Waals surface area contributed by atoms with Crippen molar-refractivity contribution >= 4 is 49.8 Å². The number of carbonyl (C=O) groups is 3. The van der Waals surface area contributed by atoms with Crippen LogP contribution in [0.4, 0.5) is 24.0 Å². The Balaban J connectivity index is 1.74. The van der Waals surface area contributed by atoms with E-state index >= 15 is 0 Å². The minimum Gasteiger partial charge on any atom is -0.417 e. The van der Waals surface area contributed by atoms with Gasteiger partial charge in [0.2, 0.25) is 11.0 Å². The van der Waals surface area contributed by atoms with Gasteiger partial charge >= 0.3 is 12.1 Å². The Kier molecular flexibility index (Phi) is 10.0. The molecule has 1 unspecified atom stereocenters. The van der Waals surface area contributed by atoms with Crippen LogP contribution in [0.1, 0.15) is 22.8 Å². The van der Waals surface area contributed by atoms with Crippen molar-refractivity contribution in [2.75, 3.05) is 50.1 Å². The fraction of sp³-hybridized carbons (Fsp3) is 0.370. The van der Waals surface area contributed by atoms with Crippen LogP contribution >= 0.6 is 11.3 Å². The summed E-state index contributed by atoms with van der Waals surface area (Å²) in [4.78, 5) is 42.7. The number of ether oxygens (including phenoxy) is 1. The van der Waals surface area contributed by atoms with Crippen LogP contribution in [0.3, 0.4) is 0 Å². The zero-order valence-corrected chi connectivity index (χ0v) is 25.5. The lowest BCUT2D eigenvalue weighted by Crippen LogP contribution is -2.51. The molecule has 2 amide bonds. The van der Waals surface area contributed by atoms with Crippen LogP contribution in [-0.2, 0) is 25.2 Å². The van der Waals surface area contributed by atoms with E-state index in [1.54, 1.807) is 37.3 Å². The van der Waals surface area contributed by atoms with E-state index in [1.165, 1.54) is 0 Å². The van der Waals surface area contributed by atoms with Crippen LogP contribution in [-0.4, -0.2) is 97.9 Å². The minimum absolute atomic E-state index is 0.0172. The third-order valence-electron chi connectivity index (χ3n) is 6.71. The van der Waals surface area contributed by atoms with Crippen molar-refractivity contribution in [2.24, 2.45) is 0 Å². The number of carbonyl (C=O) groups excluding carboxylic acids is 3. The Hall–Kier alpha value is -3.93. The zero-order valence-electron chi connectivity index (χ0n) is 23.8. The molecule has 12 nitrogen and oxygen atoms in total. The Morgan fingerprint density at radius 1 is 1.02 bits per heavy atom. The van der Waals surface area contributed by atoms with Gasteiger partial charge < -0.3 is 15.0 Å². The van der Waals surface area contributed by atoms with Gasteiger partial charge in [0.05, 0.1) is 23.0 Å². The normalized spacial score (nSPS) is 15.4. The van der Waals surface area contributed by atoms with E-state index in [4.69, 9.17) is 0 Å². The topological polar surface area (TPSA) is 151 Å². The van der Waals surface area contributed by atoms with Crippen LogP contribution in [0.2, 0.25) is 0 Å². The molecule has 1 fully saturated rings. The smallest absolute Gasteiger partial charge is 0.417 e. The standard InChI is InChI=1S/C27H29F3N6O6S2/c1-16(36-13-11-35(2)12-14-36)22(37)31-20-18(15-44(3,40)41)9-10-19(21(20)42-25(39)27(28,29)30)23(38)32-26-34-33-24(43-26)17-7-5-4-6-8-17/h4-10,16H,11-15H2,1-3H3,(H,31,37)(H,32,34,38). The third-order valence-corrected chi connectivity index (χ3v) is 8.44. The van der Waals surface area contributed by atoms with E-state index in [1.807, 2.05) is 11.9 Å². The largest absolute Gasteiger partial charge is 0.491 e. The molecule has 17 heteroatoms. The van der Waals surface area contributed by atoms with E-state index in [0.717, 1.165) is 29.7 Å². The maximum absolute atomic E-state index is 13.4. The van der Waals surface area contributed by atoms with Gasteiger partial charge in [0, 0.05) is 38.0 Å². The van der Waals surface area contributed by atoms with E-state index in [0.29, 0.717) is 36.8 Å². The summed E-state index contributed by atoms with van der Waals surface area (Å²) in [5.74, 6) is -6.12. The van der Waals surface area contributed by atoms with E-state index in [9.17, 15) is 36.0 Å². The first-order valence-electron chi connectivity index (χ1n) is 13.2. The highest BCUT2D eigenvalue weighted by Gasteiger charge is 2.43. The number of hydrogen-bond acceptors (Lipinski definition) is 11. The van der Waals surface area contributed by atoms with Gasteiger partial charge in [-0.3, -0.25) is 19.8 Å². The van der Waals surface area contributed by atoms with Gasteiger partial charge in [0.25, 0.3) is 5.91 Å². The molecular weight excluding hydrogens is 625 g/mol. The maximum Gasteiger partial charge on any atom is 0.491 e. The third kappa shape index (κ3) is 8.37. The molecule has 1 aliphatic heterocycles. The van der Waals surface area contributed by atoms with Crippen molar-refractivity contribution in [1.29, 1.82) is 0 Å². The number of sulfone groups is 1. The van der Waals surface area contributed by atoms with Gasteiger partial charge in [-0.05, 0) is 25.6 Å². The van der Waals surface area contributed by atoms with Crippen molar-refractivity contribution in [3.05, 3.63) is 53.6 Å². The summed E-state index contributed by atoms with van der Waals surface area (Å²) < 4.78 is 69.2. The number of aromatic nitrogens is 2. The van der Waals surface area contributed by atoms with Crippen LogP contribution in [0.15, 0.2) is 42.5 Å². The number of piperazine rings is 1. The van der Waals surface area contributed by atoms with Crippen molar-refractivity contribution in [3.63, 3.8) is 0 Å². The zero-order chi connectivity index (χ0) is 32.2. The molecule has 0 radical (unpaired) electrons. The fourth-order valence-electron chi connectivity index (χ4n) is 4.34. The second-order valence-electron chi connectivity index (χ2n) is 10.2. The summed E-state index contributed by atoms with van der Waals surface area (Å²) in [5.41, 5.74) is -0.613. The molecule has 0 aliphatic carbocycles. The summed E-state index contributed by atoms with van der Waals surface area (Å²) in [6.45, 7) is 3.95. The quantitative estimate of drug-likeness (QED) is 0.260. The predicted molar refractivity (Wildman–Crippen MR) is 157 cm³/mol. The number of nitrogens with zero attached hydrogens (tertiary/aromatic N) is 4. The molecule has 44 heavy (non-hydrogen) atoms. The number of amides is 2. The first-order chi connectivity index (χ1) is 20.6. The second kappa shape index (κ2) is 13.4. The van der Waals surface area contributed by atoms with Crippen molar-refractivity contribution in [2.45, 2.75) is 24.9 Å². The molecular formula is C27H29F3N6O6S2. The summed E-state index contributed by atoms with van der Waals surface area (Å²) >= 11 is 0.979. The molecule has 1 saturated heterocycles. The van der Waals surface area contributed by atoms with Crippen molar-refractivity contribution in [3.8, 4) is 16.3 Å². The highest BCUT2D eigenvalue weighted by Crippen LogP contribution is 2.37. The van der Waals surface area contributed by atoms with Gasteiger partial charge in [0.15, 0.2) is 15.6 Å². The highest BCUT2D eigenvalue weighted by molar-refractivity contribution is 7.89. The number of nitrogens with one attached hydrogen (secondary N) is 2. The minimum atomic E-state index is -5.47. The van der Waals surface area contributed by atoms with Crippen LogP contribution in [0.5, 0.6) is 5.75 Å². The SMILES string of the molecule is CC(C(=O)Nc1c(CS(C)(=O)=O)ccc(C(=O)Nc2nnc(-c3ccccc3)s2)c1OC(=O)C(F)(F)F)N1CCN(C)CC1. The Morgan fingerprint density at radius 3 is 2.30 bits per heavy atom. The molecule has 1 aliphatic rings. The summed E-state index contributed by atoms with van der Waals surface area (Å²) in [5, 5.41) is 13.2. The average molecular weight is 655 g/mol. The van der Waals surface area contributed by atoms with E-state index in [2.05, 4.69) is 30.5 Å². The molecule has 1 atom stereocenters. The fourth-order valence-corrected chi connectivity index (χ4v) is 5.89. The number of benzene rings is 2. The molecule has 236 valence electrons. The van der Waals surface area contributed by atoms with Crippen molar-refractivity contribution < 1.29 is 40.7 Å². The van der Waals surface area contributed by atoms with Crippen LogP contribution < -0.4 is 15.4 Å². The number of rotatable bonds is 9. The Labute approximate surface area is 255 Å². The molecule has 2 heterocycles. The molecule has 4 rings (SSSR count). The second-order valence-corrected chi connectivity index (χ2v) is 13.3. The number of anilines is 2. The van der Waals surface area contributed by atoms with Crippen molar-refractivity contribution in [1.82, 2.24) is 20.0 Å². The molecule has 2 N–H and O–H groups in total. The van der Waals surface area contributed by atoms with Gasteiger partial charge in [-0.1, -0.05) is 47.7 Å². The van der Waals surface area contributed by atoms with Gasteiger partial charge in [0.1, 0.15) is 5.01 Å². The van der Waals surface area contributed by atoms with Gasteiger partial charge in [-0.2, -0.15) is 13.2 Å². The Morgan fingerprint density at radius 2 is 1.68 bits per heavy atom. The van der Waals surface area contributed by atoms with Gasteiger partial charge in [-0.25, -0.2) is 13.2 Å². The summed E-state index contributed by atoms with van der Waals surface area (Å²) in [7, 11) is -1.89. The summed E-state index contributed by atoms with van der Waals surface area (Å²) in [6.07, 6.45) is -4.59.